The van der Waals surface area contributed by atoms with E-state index in [9.17, 15) is 4.79 Å². The number of rotatable bonds is 19. The monoisotopic (exact) mass is 1260 g/mol. The second-order valence-corrected chi connectivity index (χ2v) is 28.8. The van der Waals surface area contributed by atoms with Crippen LogP contribution in [0.2, 0.25) is 0 Å². The van der Waals surface area contributed by atoms with Crippen molar-refractivity contribution in [3.8, 4) is 11.5 Å². The van der Waals surface area contributed by atoms with Crippen molar-refractivity contribution in [2.24, 2.45) is 29.6 Å². The Morgan fingerprint density at radius 2 is 0.892 bits per heavy atom. The van der Waals surface area contributed by atoms with Crippen LogP contribution in [0.4, 0.5) is 5.69 Å². The number of amides is 1. The number of hydrogen-bond acceptors (Lipinski definition) is 4. The van der Waals surface area contributed by atoms with Gasteiger partial charge in [-0.1, -0.05) is 268 Å². The van der Waals surface area contributed by atoms with Crippen LogP contribution in [0.3, 0.4) is 0 Å². The molecule has 2 saturated carbocycles. The lowest BCUT2D eigenvalue weighted by Gasteiger charge is -2.22. The molecule has 2 aromatic heterocycles. The fraction of sp³-hybridized carbons (Fsp3) is 0.409. The van der Waals surface area contributed by atoms with Crippen LogP contribution in [0.1, 0.15) is 238 Å². The third-order valence-corrected chi connectivity index (χ3v) is 18.1. The molecule has 0 saturated heterocycles. The number of benzene rings is 7. The summed E-state index contributed by atoms with van der Waals surface area (Å²) in [6.45, 7) is 31.4. The molecule has 2 fully saturated rings. The van der Waals surface area contributed by atoms with Gasteiger partial charge in [-0.25, -0.2) is 0 Å². The maximum Gasteiger partial charge on any atom is 0.255 e. The Bertz CT molecular complexity index is 3210. The first-order valence-corrected chi connectivity index (χ1v) is 36.1. The molecule has 496 valence electrons. The van der Waals surface area contributed by atoms with E-state index < -0.39 is 0 Å². The first-order chi connectivity index (χ1) is 44.8. The first kappa shape index (κ1) is 76.4. The van der Waals surface area contributed by atoms with Crippen molar-refractivity contribution in [1.29, 1.82) is 0 Å². The Kier molecular flexibility index (Phi) is 35.8. The van der Waals surface area contributed by atoms with Crippen molar-refractivity contribution in [2.75, 3.05) is 5.32 Å². The molecule has 11 rings (SSSR count). The number of hydrogen-bond donors (Lipinski definition) is 1. The van der Waals surface area contributed by atoms with E-state index in [1.165, 1.54) is 115 Å². The quantitative estimate of drug-likeness (QED) is 0.0878. The van der Waals surface area contributed by atoms with Gasteiger partial charge in [0.25, 0.3) is 5.91 Å². The standard InChI is InChI=1S/C16H17NO.C15H16O.C15H22.C12H16.C11H16.C10H15N.C9H14S/c1-12(2)13-8-10-15(11-9-13)17-16(18)14-6-4-3-5-7-14;1-12(2)13-8-10-15(11-9-13)16-14-6-4-3-5-7-14;1-12(2)13-8-10-15(11-9-13)14-6-4-3-5-7-14;1-9(2)11-8-12(11)10-6-4-3-5-7-10;1-10(2)8-9-11-6-4-3-5-7-11;1-9(2)3-4-10-5-7-11-8-6-10;1-8(2)5-6-9-4-3-7-10-9/h3-12H,1-2H3,(H,17,18);3-12H,1-2H3;8-12,14H,3-7H2,1-2H3;3-7,9,11-12H,8H2,1-2H3;3-7,10H,8-9H2,1-2H3;5-9H,3-4H2,1-2H3;3-4,7-8H,5-6H2,1-2H3. The highest BCUT2D eigenvalue weighted by Gasteiger charge is 2.39. The molecule has 2 atom stereocenters. The molecule has 1 N–H and O–H groups in total. The summed E-state index contributed by atoms with van der Waals surface area (Å²) in [6.07, 6.45) is 19.8. The zero-order valence-electron chi connectivity index (χ0n) is 59.4. The third kappa shape index (κ3) is 31.9. The van der Waals surface area contributed by atoms with Gasteiger partial charge in [-0.3, -0.25) is 9.78 Å². The predicted octanol–water partition coefficient (Wildman–Crippen LogP) is 26.3. The summed E-state index contributed by atoms with van der Waals surface area (Å²) in [7, 11) is 0. The van der Waals surface area contributed by atoms with Gasteiger partial charge in [0.15, 0.2) is 0 Å². The lowest BCUT2D eigenvalue weighted by Crippen LogP contribution is -2.11. The molecule has 93 heavy (non-hydrogen) atoms. The number of aryl methyl sites for hydroxylation is 3. The summed E-state index contributed by atoms with van der Waals surface area (Å²) in [5.74, 6) is 9.37. The number of nitrogens with zero attached hydrogens (tertiary/aromatic N) is 1. The average molecular weight is 1270 g/mol. The van der Waals surface area contributed by atoms with Crippen LogP contribution in [0.15, 0.2) is 236 Å². The summed E-state index contributed by atoms with van der Waals surface area (Å²) in [6, 6.07) is 74.7. The Labute approximate surface area is 569 Å². The number of thiophene rings is 1. The topological polar surface area (TPSA) is 51.2 Å². The number of nitrogens with one attached hydrogen (secondary N) is 1. The fourth-order valence-electron chi connectivity index (χ4n) is 10.9. The van der Waals surface area contributed by atoms with E-state index >= 15 is 0 Å². The highest BCUT2D eigenvalue weighted by Crippen LogP contribution is 2.51. The molecule has 7 aromatic carbocycles. The Morgan fingerprint density at radius 3 is 1.35 bits per heavy atom. The van der Waals surface area contributed by atoms with Crippen LogP contribution in [0.25, 0.3) is 0 Å². The van der Waals surface area contributed by atoms with Crippen LogP contribution in [-0.4, -0.2) is 10.9 Å². The maximum absolute atomic E-state index is 11.9. The molecule has 5 heteroatoms. The molecule has 2 aliphatic carbocycles. The second-order valence-electron chi connectivity index (χ2n) is 27.8. The lowest BCUT2D eigenvalue weighted by atomic mass is 9.83. The van der Waals surface area contributed by atoms with Gasteiger partial charge in [0.2, 0.25) is 0 Å². The summed E-state index contributed by atoms with van der Waals surface area (Å²) in [5.41, 5.74) is 11.5. The Balaban J connectivity index is 0.000000199. The number of aromatic nitrogens is 1. The van der Waals surface area contributed by atoms with Crippen molar-refractivity contribution in [3.05, 3.63) is 286 Å². The van der Waals surface area contributed by atoms with Crippen molar-refractivity contribution in [1.82, 2.24) is 4.98 Å². The lowest BCUT2D eigenvalue weighted by molar-refractivity contribution is 0.102. The number of pyridine rings is 1. The number of ether oxygens (including phenoxy) is 1. The van der Waals surface area contributed by atoms with Gasteiger partial charge in [0, 0.05) is 28.5 Å². The normalized spacial score (nSPS) is 13.9. The minimum Gasteiger partial charge on any atom is -0.457 e. The van der Waals surface area contributed by atoms with E-state index in [-0.39, 0.29) is 5.91 Å². The third-order valence-electron chi connectivity index (χ3n) is 17.2. The minimum atomic E-state index is -0.0760. The van der Waals surface area contributed by atoms with E-state index in [0.29, 0.717) is 23.3 Å². The second kappa shape index (κ2) is 43.5. The Hall–Kier alpha value is -7.34. The summed E-state index contributed by atoms with van der Waals surface area (Å²) in [4.78, 5) is 17.4. The van der Waals surface area contributed by atoms with E-state index in [0.717, 1.165) is 58.6 Å². The molecular formula is C88H116N2O2S. The van der Waals surface area contributed by atoms with Gasteiger partial charge >= 0.3 is 0 Å². The molecule has 0 spiro atoms. The van der Waals surface area contributed by atoms with Crippen molar-refractivity contribution < 1.29 is 9.53 Å². The molecule has 0 aliphatic heterocycles. The number of carbonyl (C=O) groups excluding carboxylic acids is 1. The molecule has 2 aliphatic rings. The molecule has 2 heterocycles. The van der Waals surface area contributed by atoms with Gasteiger partial charge in [-0.15, -0.1) is 11.3 Å². The predicted molar refractivity (Wildman–Crippen MR) is 405 cm³/mol. The molecule has 1 amide bonds. The largest absolute Gasteiger partial charge is 0.457 e. The van der Waals surface area contributed by atoms with Crippen LogP contribution in [-0.2, 0) is 19.3 Å². The van der Waals surface area contributed by atoms with Gasteiger partial charge in [0.1, 0.15) is 11.5 Å². The van der Waals surface area contributed by atoms with Crippen LogP contribution >= 0.6 is 11.3 Å². The molecular weight excluding hydrogens is 1150 g/mol. The van der Waals surface area contributed by atoms with Gasteiger partial charge < -0.3 is 10.1 Å². The van der Waals surface area contributed by atoms with Crippen molar-refractivity contribution in [2.45, 2.75) is 204 Å². The highest BCUT2D eigenvalue weighted by molar-refractivity contribution is 7.09. The average Bonchev–Trinajstić information content (AvgIpc) is 1.70. The van der Waals surface area contributed by atoms with Crippen LogP contribution < -0.4 is 10.1 Å². The van der Waals surface area contributed by atoms with Gasteiger partial charge in [-0.05, 0) is 228 Å². The minimum absolute atomic E-state index is 0.0760. The summed E-state index contributed by atoms with van der Waals surface area (Å²) in [5, 5.41) is 5.03. The number of carbonyl (C=O) groups is 1. The van der Waals surface area contributed by atoms with Crippen LogP contribution in [0.5, 0.6) is 11.5 Å². The van der Waals surface area contributed by atoms with Crippen molar-refractivity contribution >= 4 is 22.9 Å². The van der Waals surface area contributed by atoms with Gasteiger partial charge in [-0.2, -0.15) is 0 Å². The van der Waals surface area contributed by atoms with E-state index in [2.05, 4.69) is 234 Å². The van der Waals surface area contributed by atoms with Crippen molar-refractivity contribution in [3.63, 3.8) is 0 Å². The molecule has 0 bridgehead atoms. The Morgan fingerprint density at radius 1 is 0.452 bits per heavy atom. The van der Waals surface area contributed by atoms with Gasteiger partial charge in [0.05, 0.1) is 0 Å². The fourth-order valence-corrected chi connectivity index (χ4v) is 11.6. The number of anilines is 1. The zero-order valence-corrected chi connectivity index (χ0v) is 60.3. The van der Waals surface area contributed by atoms with E-state index in [1.54, 1.807) is 17.7 Å². The number of para-hydroxylation sites is 1. The molecule has 4 nitrogen and oxygen atoms in total. The first-order valence-electron chi connectivity index (χ1n) is 35.2. The molecule has 2 unspecified atom stereocenters. The summed E-state index contributed by atoms with van der Waals surface area (Å²) < 4.78 is 5.71. The molecule has 0 radical (unpaired) electrons. The molecule has 9 aromatic rings. The smallest absolute Gasteiger partial charge is 0.255 e. The van der Waals surface area contributed by atoms with E-state index in [1.807, 2.05) is 109 Å². The van der Waals surface area contributed by atoms with Crippen LogP contribution in [0, 0.1) is 29.6 Å². The zero-order chi connectivity index (χ0) is 67.2. The summed E-state index contributed by atoms with van der Waals surface area (Å²) >= 11 is 1.86. The highest BCUT2D eigenvalue weighted by atomic mass is 32.1. The van der Waals surface area contributed by atoms with E-state index in [4.69, 9.17) is 4.74 Å². The maximum atomic E-state index is 11.9. The SMILES string of the molecule is CC(C)C1CC1c1ccccc1.CC(C)CCc1ccccc1.CC(C)CCc1cccs1.CC(C)CCc1ccncc1.CC(C)c1ccc(C2CCCCC2)cc1.CC(C)c1ccc(NC(=O)c2ccccc2)cc1.CC(C)c1ccc(Oc2ccccc2)cc1.